The Labute approximate surface area is 228 Å². The van der Waals surface area contributed by atoms with Gasteiger partial charge in [-0.2, -0.15) is 0 Å². The minimum absolute atomic E-state index is 0.00843. The number of H-pyrrole nitrogens is 1. The van der Waals surface area contributed by atoms with E-state index in [1.54, 1.807) is 0 Å². The second-order valence-corrected chi connectivity index (χ2v) is 11.4. The monoisotopic (exact) mass is 576 g/mol. The van der Waals surface area contributed by atoms with Crippen molar-refractivity contribution in [3.05, 3.63) is 98.6 Å². The third kappa shape index (κ3) is 3.22. The van der Waals surface area contributed by atoms with Gasteiger partial charge in [-0.15, -0.1) is 0 Å². The molecule has 7 heteroatoms. The Hall–Kier alpha value is -2.80. The van der Waals surface area contributed by atoms with E-state index in [2.05, 4.69) is 68.3 Å². The number of nitrogens with zero attached hydrogens (tertiary/aromatic N) is 1. The summed E-state index contributed by atoms with van der Waals surface area (Å²) in [6.45, 7) is 3.45. The van der Waals surface area contributed by atoms with Crippen molar-refractivity contribution in [2.45, 2.75) is 24.9 Å². The maximum atomic E-state index is 14.1. The van der Waals surface area contributed by atoms with E-state index in [9.17, 15) is 4.79 Å². The molecule has 3 aliphatic heterocycles. The summed E-state index contributed by atoms with van der Waals surface area (Å²) in [5, 5.41) is 1.88. The highest BCUT2D eigenvalue weighted by Crippen LogP contribution is 2.63. The van der Waals surface area contributed by atoms with Crippen molar-refractivity contribution in [1.82, 2.24) is 9.88 Å². The molecule has 3 aromatic carbocycles. The highest BCUT2D eigenvalue weighted by molar-refractivity contribution is 9.10. The normalized spacial score (nSPS) is 26.1. The Morgan fingerprint density at radius 3 is 2.81 bits per heavy atom. The molecule has 1 N–H and O–H groups in total. The standard InChI is InChI=1S/C30H26BrClN2O3/c1-2-36-29(35)26-23-16-37-25-12-9-18(31)15-22(25)27(23)34-14-13-21-20-5-3-4-6-24(20)33-28(21)30(26,34)17-7-10-19(32)11-8-17/h3-12,15,23,26-27,33H,2,13-14,16H2,1H3/t23-,26+,27+,30+/m0/s1. The number of hydrogen-bond acceptors (Lipinski definition) is 4. The predicted molar refractivity (Wildman–Crippen MR) is 147 cm³/mol. The van der Waals surface area contributed by atoms with Gasteiger partial charge in [-0.25, -0.2) is 0 Å². The number of aromatic nitrogens is 1. The van der Waals surface area contributed by atoms with Crippen molar-refractivity contribution in [2.75, 3.05) is 19.8 Å². The lowest BCUT2D eigenvalue weighted by Gasteiger charge is -2.47. The molecule has 1 fully saturated rings. The molecule has 4 atom stereocenters. The summed E-state index contributed by atoms with van der Waals surface area (Å²) in [5.41, 5.74) is 4.81. The summed E-state index contributed by atoms with van der Waals surface area (Å²) in [6, 6.07) is 22.6. The first-order valence-corrected chi connectivity index (χ1v) is 13.9. The van der Waals surface area contributed by atoms with Crippen LogP contribution >= 0.6 is 27.5 Å². The van der Waals surface area contributed by atoms with Gasteiger partial charge in [0.15, 0.2) is 0 Å². The number of esters is 1. The number of carbonyl (C=O) groups excluding carboxylic acids is 1. The molecule has 7 rings (SSSR count). The number of fused-ring (bicyclic) bond motifs is 9. The first-order chi connectivity index (χ1) is 18.0. The summed E-state index contributed by atoms with van der Waals surface area (Å²) in [4.78, 5) is 20.4. The Bertz CT molecular complexity index is 1530. The molecule has 5 nitrogen and oxygen atoms in total. The number of aromatic amines is 1. The zero-order chi connectivity index (χ0) is 25.3. The number of para-hydroxylation sites is 1. The Morgan fingerprint density at radius 2 is 2.00 bits per heavy atom. The second-order valence-electron chi connectivity index (χ2n) is 10.1. The van der Waals surface area contributed by atoms with E-state index in [1.807, 2.05) is 31.2 Å². The fourth-order valence-corrected chi connectivity index (χ4v) is 7.68. The van der Waals surface area contributed by atoms with Crippen LogP contribution in [-0.4, -0.2) is 35.6 Å². The lowest BCUT2D eigenvalue weighted by molar-refractivity contribution is -0.152. The van der Waals surface area contributed by atoms with E-state index in [0.29, 0.717) is 18.2 Å². The van der Waals surface area contributed by atoms with Crippen molar-refractivity contribution >= 4 is 44.4 Å². The van der Waals surface area contributed by atoms with Gasteiger partial charge in [0.2, 0.25) is 0 Å². The SMILES string of the molecule is CCOC(=O)[C@H]1[C@@H]2COc3ccc(Br)cc3[C@H]2N2CCc3c([nH]c4ccccc34)[C@@]12c1ccc(Cl)cc1. The number of benzene rings is 3. The molecule has 1 saturated heterocycles. The Morgan fingerprint density at radius 1 is 1.19 bits per heavy atom. The fraction of sp³-hybridized carbons (Fsp3) is 0.300. The van der Waals surface area contributed by atoms with Gasteiger partial charge in [-0.05, 0) is 60.9 Å². The van der Waals surface area contributed by atoms with E-state index < -0.39 is 11.5 Å². The number of hydrogen-bond donors (Lipinski definition) is 1. The van der Waals surface area contributed by atoms with Crippen molar-refractivity contribution in [1.29, 1.82) is 0 Å². The summed E-state index contributed by atoms with van der Waals surface area (Å²) >= 11 is 10.0. The highest BCUT2D eigenvalue weighted by atomic mass is 79.9. The van der Waals surface area contributed by atoms with Crippen LogP contribution in [0.2, 0.25) is 5.02 Å². The third-order valence-electron chi connectivity index (χ3n) is 8.42. The fourth-order valence-electron chi connectivity index (χ4n) is 7.18. The van der Waals surface area contributed by atoms with Crippen molar-refractivity contribution < 1.29 is 14.3 Å². The largest absolute Gasteiger partial charge is 0.493 e. The molecular weight excluding hydrogens is 552 g/mol. The van der Waals surface area contributed by atoms with Gasteiger partial charge < -0.3 is 14.5 Å². The Balaban J connectivity index is 1.57. The van der Waals surface area contributed by atoms with Crippen LogP contribution in [0.4, 0.5) is 0 Å². The van der Waals surface area contributed by atoms with Crippen LogP contribution in [0.15, 0.2) is 71.2 Å². The first kappa shape index (κ1) is 23.3. The second kappa shape index (κ2) is 8.62. The maximum absolute atomic E-state index is 14.1. The van der Waals surface area contributed by atoms with Gasteiger partial charge in [-0.1, -0.05) is 57.9 Å². The third-order valence-corrected chi connectivity index (χ3v) is 9.16. The molecule has 1 aromatic heterocycles. The average molecular weight is 578 g/mol. The van der Waals surface area contributed by atoms with E-state index in [1.165, 1.54) is 10.9 Å². The van der Waals surface area contributed by atoms with Crippen LogP contribution in [0.1, 0.15) is 35.3 Å². The van der Waals surface area contributed by atoms with Gasteiger partial charge >= 0.3 is 5.97 Å². The number of halogens is 2. The number of ether oxygens (including phenoxy) is 2. The van der Waals surface area contributed by atoms with Gasteiger partial charge in [0.25, 0.3) is 0 Å². The molecule has 0 unspecified atom stereocenters. The molecule has 0 bridgehead atoms. The number of carbonyl (C=O) groups is 1. The summed E-state index contributed by atoms with van der Waals surface area (Å²) in [5.74, 6) is 0.122. The van der Waals surface area contributed by atoms with Crippen LogP contribution in [0.3, 0.4) is 0 Å². The molecule has 0 aliphatic carbocycles. The van der Waals surface area contributed by atoms with Crippen molar-refractivity contribution in [3.63, 3.8) is 0 Å². The molecular formula is C30H26BrClN2O3. The van der Waals surface area contributed by atoms with Crippen LogP contribution in [0.5, 0.6) is 5.75 Å². The molecule has 0 radical (unpaired) electrons. The van der Waals surface area contributed by atoms with Crippen molar-refractivity contribution in [3.8, 4) is 5.75 Å². The van der Waals surface area contributed by atoms with E-state index >= 15 is 0 Å². The molecule has 0 amide bonds. The van der Waals surface area contributed by atoms with E-state index in [-0.39, 0.29) is 17.9 Å². The summed E-state index contributed by atoms with van der Waals surface area (Å²) in [6.07, 6.45) is 0.887. The minimum atomic E-state index is -0.758. The molecule has 0 saturated carbocycles. The van der Waals surface area contributed by atoms with Crippen molar-refractivity contribution in [2.24, 2.45) is 11.8 Å². The minimum Gasteiger partial charge on any atom is -0.493 e. The van der Waals surface area contributed by atoms with Gasteiger partial charge in [0, 0.05) is 50.2 Å². The topological polar surface area (TPSA) is 54.6 Å². The van der Waals surface area contributed by atoms with E-state index in [0.717, 1.165) is 45.5 Å². The van der Waals surface area contributed by atoms with Gasteiger partial charge in [0.1, 0.15) is 11.3 Å². The number of rotatable bonds is 3. The first-order valence-electron chi connectivity index (χ1n) is 12.8. The van der Waals surface area contributed by atoms with Crippen LogP contribution in [-0.2, 0) is 21.5 Å². The number of nitrogens with one attached hydrogen (secondary N) is 1. The lowest BCUT2D eigenvalue weighted by Crippen LogP contribution is -2.53. The molecule has 37 heavy (non-hydrogen) atoms. The zero-order valence-electron chi connectivity index (χ0n) is 20.3. The molecule has 4 heterocycles. The Kier molecular flexibility index (Phi) is 5.43. The molecule has 188 valence electrons. The predicted octanol–water partition coefficient (Wildman–Crippen LogP) is 6.63. The molecule has 0 spiro atoms. The van der Waals surface area contributed by atoms with Crippen LogP contribution in [0, 0.1) is 11.8 Å². The lowest BCUT2D eigenvalue weighted by atomic mass is 9.70. The quantitative estimate of drug-likeness (QED) is 0.278. The molecule has 3 aliphatic rings. The average Bonchev–Trinajstić information content (AvgIpc) is 3.43. The highest BCUT2D eigenvalue weighted by Gasteiger charge is 2.67. The van der Waals surface area contributed by atoms with Crippen LogP contribution in [0.25, 0.3) is 10.9 Å². The van der Waals surface area contributed by atoms with Crippen LogP contribution < -0.4 is 4.74 Å². The molecule has 4 aromatic rings. The summed E-state index contributed by atoms with van der Waals surface area (Å²) in [7, 11) is 0. The smallest absolute Gasteiger partial charge is 0.312 e. The maximum Gasteiger partial charge on any atom is 0.312 e. The van der Waals surface area contributed by atoms with Gasteiger partial charge in [0.05, 0.1) is 19.1 Å². The zero-order valence-corrected chi connectivity index (χ0v) is 22.7. The van der Waals surface area contributed by atoms with Gasteiger partial charge in [-0.3, -0.25) is 9.69 Å². The summed E-state index contributed by atoms with van der Waals surface area (Å²) < 4.78 is 13.1. The van der Waals surface area contributed by atoms with E-state index in [4.69, 9.17) is 21.1 Å².